The first kappa shape index (κ1) is 31.9. The largest absolute Gasteiger partial charge is 0.485 e. The highest BCUT2D eigenvalue weighted by molar-refractivity contribution is 7.33. The first-order chi connectivity index (χ1) is 20.6. The Bertz CT molecular complexity index is 1260. The zero-order valence-corrected chi connectivity index (χ0v) is 29.7. The average molecular weight is 647 g/mol. The summed E-state index contributed by atoms with van der Waals surface area (Å²) in [5.41, 5.74) is 0. The second-order valence-corrected chi connectivity index (χ2v) is 20.5. The average Bonchev–Trinajstić information content (AvgIpc) is 3.73. The number of fused-ring (bicyclic) bond motifs is 2. The first-order valence-corrected chi connectivity index (χ1v) is 21.8. The van der Waals surface area contributed by atoms with Gasteiger partial charge in [0.1, 0.15) is 34.5 Å². The summed E-state index contributed by atoms with van der Waals surface area (Å²) in [6.07, 6.45) is 16.3. The topological polar surface area (TPSA) is 36.9 Å². The summed E-state index contributed by atoms with van der Waals surface area (Å²) in [7, 11) is -1.74. The molecule has 0 unspecified atom stereocenters. The van der Waals surface area contributed by atoms with E-state index in [1.165, 1.54) is 114 Å². The molecule has 2 aliphatic heterocycles. The van der Waals surface area contributed by atoms with Crippen molar-refractivity contribution in [2.24, 2.45) is 0 Å². The molecule has 8 heteroatoms. The van der Waals surface area contributed by atoms with Gasteiger partial charge in [0.15, 0.2) is 23.0 Å². The summed E-state index contributed by atoms with van der Waals surface area (Å²) in [6, 6.07) is 7.25. The molecule has 0 bridgehead atoms. The van der Waals surface area contributed by atoms with Crippen molar-refractivity contribution in [3.05, 3.63) is 17.0 Å². The molecule has 0 saturated carbocycles. The molecule has 0 radical (unpaired) electrons. The van der Waals surface area contributed by atoms with Crippen molar-refractivity contribution in [3.63, 3.8) is 0 Å². The summed E-state index contributed by atoms with van der Waals surface area (Å²) in [5, 5.41) is 0. The van der Waals surface area contributed by atoms with Gasteiger partial charge < -0.3 is 18.9 Å². The minimum Gasteiger partial charge on any atom is -0.485 e. The van der Waals surface area contributed by atoms with Gasteiger partial charge in [0, 0.05) is 19.1 Å². The lowest BCUT2D eigenvalue weighted by atomic mass is 10.1. The van der Waals surface area contributed by atoms with Gasteiger partial charge in [0.05, 0.1) is 9.75 Å². The van der Waals surface area contributed by atoms with Crippen LogP contribution in [0.5, 0.6) is 23.0 Å². The summed E-state index contributed by atoms with van der Waals surface area (Å²) in [6.45, 7) is 11.9. The number of hydrogen-bond donors (Lipinski definition) is 0. The van der Waals surface area contributed by atoms with E-state index in [0.29, 0.717) is 26.4 Å². The van der Waals surface area contributed by atoms with Crippen molar-refractivity contribution in [1.29, 1.82) is 0 Å². The van der Waals surface area contributed by atoms with Crippen molar-refractivity contribution >= 4 is 46.6 Å². The molecule has 0 amide bonds. The van der Waals surface area contributed by atoms with Crippen LogP contribution in [0.4, 0.5) is 0 Å². The second kappa shape index (κ2) is 15.5. The molecule has 5 heterocycles. The third-order valence-corrected chi connectivity index (χ3v) is 18.2. The van der Waals surface area contributed by atoms with Crippen LogP contribution in [0.25, 0.3) is 19.5 Å². The van der Waals surface area contributed by atoms with Crippen LogP contribution in [0.2, 0.25) is 18.6 Å². The molecule has 0 N–H and O–H groups in total. The molecule has 42 heavy (non-hydrogen) atoms. The van der Waals surface area contributed by atoms with Gasteiger partial charge in [-0.15, -0.1) is 34.0 Å². The summed E-state index contributed by atoms with van der Waals surface area (Å²) in [5.74, 6) is 3.94. The summed E-state index contributed by atoms with van der Waals surface area (Å²) < 4.78 is 26.5. The van der Waals surface area contributed by atoms with Crippen LogP contribution in [0.15, 0.2) is 12.1 Å². The van der Waals surface area contributed by atoms with Crippen LogP contribution in [-0.2, 0) is 0 Å². The van der Waals surface area contributed by atoms with Crippen LogP contribution in [-0.4, -0.2) is 34.5 Å². The molecule has 2 aliphatic rings. The fourth-order valence-electron chi connectivity index (χ4n) is 6.29. The number of hydrogen-bond acceptors (Lipinski definition) is 7. The molecule has 0 saturated heterocycles. The molecule has 0 atom stereocenters. The van der Waals surface area contributed by atoms with E-state index in [4.69, 9.17) is 18.9 Å². The van der Waals surface area contributed by atoms with Gasteiger partial charge in [-0.1, -0.05) is 110 Å². The fraction of sp³-hybridized carbons (Fsp3) is 0.647. The van der Waals surface area contributed by atoms with E-state index in [1.54, 1.807) is 15.8 Å². The van der Waals surface area contributed by atoms with Gasteiger partial charge >= 0.3 is 0 Å². The molecule has 0 fully saturated rings. The molecule has 0 spiro atoms. The molecular weight excluding hydrogens is 597 g/mol. The zero-order chi connectivity index (χ0) is 29.4. The van der Waals surface area contributed by atoms with Crippen molar-refractivity contribution < 1.29 is 18.9 Å². The maximum atomic E-state index is 6.48. The molecule has 5 rings (SSSR count). The second-order valence-electron chi connectivity index (χ2n) is 12.2. The minimum atomic E-state index is -1.74. The molecule has 4 nitrogen and oxygen atoms in total. The zero-order valence-electron chi connectivity index (χ0n) is 26.2. The Morgan fingerprint density at radius 1 is 0.571 bits per heavy atom. The lowest BCUT2D eigenvalue weighted by Gasteiger charge is -2.29. The smallest absolute Gasteiger partial charge is 0.181 e. The van der Waals surface area contributed by atoms with Crippen LogP contribution in [0.1, 0.15) is 95.8 Å². The van der Waals surface area contributed by atoms with Gasteiger partial charge in [0.2, 0.25) is 0 Å². The van der Waals surface area contributed by atoms with E-state index >= 15 is 0 Å². The predicted octanol–water partition coefficient (Wildman–Crippen LogP) is 11.1. The Balaban J connectivity index is 1.40. The van der Waals surface area contributed by atoms with E-state index < -0.39 is 8.07 Å². The molecule has 0 aliphatic carbocycles. The number of thiophene rings is 3. The predicted molar refractivity (Wildman–Crippen MR) is 185 cm³/mol. The van der Waals surface area contributed by atoms with Gasteiger partial charge in [-0.05, 0) is 19.1 Å². The van der Waals surface area contributed by atoms with E-state index in [1.807, 2.05) is 22.7 Å². The van der Waals surface area contributed by atoms with Crippen LogP contribution >= 0.6 is 34.0 Å². The minimum absolute atomic E-state index is 0.613. The van der Waals surface area contributed by atoms with Gasteiger partial charge in [-0.3, -0.25) is 0 Å². The van der Waals surface area contributed by atoms with Crippen LogP contribution in [0, 0.1) is 6.92 Å². The maximum absolute atomic E-state index is 6.48. The van der Waals surface area contributed by atoms with Crippen LogP contribution < -0.4 is 23.4 Å². The Labute approximate surface area is 266 Å². The normalized spacial score (nSPS) is 14.5. The highest BCUT2D eigenvalue weighted by Crippen LogP contribution is 2.54. The highest BCUT2D eigenvalue weighted by Gasteiger charge is 2.38. The number of ether oxygens (including phenoxy) is 4. The SMILES string of the molecule is CCCCCCCC[Si](C)(CCCCCCCC)c1sc(-c2ccc(-c3sc(C)c4c3OCCO4)s2)c2c1OCCO2. The first-order valence-electron chi connectivity index (χ1n) is 16.5. The van der Waals surface area contributed by atoms with E-state index in [9.17, 15) is 0 Å². The number of rotatable bonds is 17. The molecular formula is C34H50O4S3Si. The Morgan fingerprint density at radius 2 is 1.02 bits per heavy atom. The Kier molecular flexibility index (Phi) is 11.8. The Morgan fingerprint density at radius 3 is 1.60 bits per heavy atom. The van der Waals surface area contributed by atoms with E-state index in [2.05, 4.69) is 39.5 Å². The summed E-state index contributed by atoms with van der Waals surface area (Å²) >= 11 is 5.61. The lowest BCUT2D eigenvalue weighted by molar-refractivity contribution is 0.173. The molecule has 232 valence electrons. The maximum Gasteiger partial charge on any atom is 0.181 e. The molecule has 0 aromatic carbocycles. The quantitative estimate of drug-likeness (QED) is 0.108. The fourth-order valence-corrected chi connectivity index (χ4v) is 14.9. The van der Waals surface area contributed by atoms with Crippen molar-refractivity contribution in [1.82, 2.24) is 0 Å². The molecule has 3 aromatic rings. The standard InChI is InChI=1S/C34H50O4S3Si/c1-5-7-9-11-13-15-23-42(4,24-16-14-12-10-8-6-2)34-31-30(37-21-22-38-31)33(41-34)27-18-17-26(40-27)32-29-28(25(3)39-32)35-19-20-36-29/h17-18H,5-16,19-24H2,1-4H3. The van der Waals surface area contributed by atoms with Crippen molar-refractivity contribution in [2.45, 2.75) is 116 Å². The third-order valence-electron chi connectivity index (χ3n) is 8.73. The van der Waals surface area contributed by atoms with E-state index in [0.717, 1.165) is 23.0 Å². The highest BCUT2D eigenvalue weighted by atomic mass is 32.1. The third kappa shape index (κ3) is 7.41. The number of unbranched alkanes of at least 4 members (excludes halogenated alkanes) is 10. The van der Waals surface area contributed by atoms with Gasteiger partial charge in [-0.2, -0.15) is 0 Å². The van der Waals surface area contributed by atoms with E-state index in [-0.39, 0.29) is 0 Å². The molecule has 3 aromatic heterocycles. The van der Waals surface area contributed by atoms with Crippen molar-refractivity contribution in [2.75, 3.05) is 26.4 Å². The van der Waals surface area contributed by atoms with Gasteiger partial charge in [-0.25, -0.2) is 0 Å². The van der Waals surface area contributed by atoms with Gasteiger partial charge in [0.25, 0.3) is 0 Å². The van der Waals surface area contributed by atoms with Crippen LogP contribution in [0.3, 0.4) is 0 Å². The summed E-state index contributed by atoms with van der Waals surface area (Å²) in [4.78, 5) is 6.15. The number of aryl methyl sites for hydroxylation is 1. The monoisotopic (exact) mass is 646 g/mol. The Hall–Kier alpha value is -1.48. The van der Waals surface area contributed by atoms with Crippen molar-refractivity contribution in [3.8, 4) is 42.5 Å². The lowest BCUT2D eigenvalue weighted by Crippen LogP contribution is -2.43.